The maximum absolute atomic E-state index is 13.2. The van der Waals surface area contributed by atoms with Crippen molar-refractivity contribution in [2.75, 3.05) is 13.2 Å². The van der Waals surface area contributed by atoms with Gasteiger partial charge in [-0.25, -0.2) is 4.68 Å². The Labute approximate surface area is 152 Å². The minimum Gasteiger partial charge on any atom is -0.491 e. The van der Waals surface area contributed by atoms with Crippen LogP contribution in [0.15, 0.2) is 54.6 Å². The Kier molecular flexibility index (Phi) is 5.20. The molecule has 0 amide bonds. The summed E-state index contributed by atoms with van der Waals surface area (Å²) in [4.78, 5) is 0. The lowest BCUT2D eigenvalue weighted by atomic mass is 10.1. The number of halogens is 4. The highest BCUT2D eigenvalue weighted by Gasteiger charge is 2.35. The molecule has 4 nitrogen and oxygen atoms in total. The van der Waals surface area contributed by atoms with E-state index in [1.807, 2.05) is 0 Å². The van der Waals surface area contributed by atoms with Crippen molar-refractivity contribution in [2.45, 2.75) is 6.18 Å². The molecule has 0 bridgehead atoms. The van der Waals surface area contributed by atoms with Crippen LogP contribution in [0.2, 0.25) is 5.02 Å². The fourth-order valence-corrected chi connectivity index (χ4v) is 2.63. The van der Waals surface area contributed by atoms with E-state index in [1.165, 1.54) is 4.68 Å². The zero-order valence-corrected chi connectivity index (χ0v) is 14.1. The number of aliphatic hydroxyl groups is 1. The monoisotopic (exact) mass is 382 g/mol. The average Bonchev–Trinajstić information content (AvgIpc) is 3.06. The Morgan fingerprint density at radius 3 is 2.38 bits per heavy atom. The van der Waals surface area contributed by atoms with Gasteiger partial charge in [0.1, 0.15) is 12.4 Å². The number of aromatic nitrogens is 2. The van der Waals surface area contributed by atoms with E-state index in [4.69, 9.17) is 21.4 Å². The predicted molar refractivity (Wildman–Crippen MR) is 91.6 cm³/mol. The van der Waals surface area contributed by atoms with Crippen LogP contribution >= 0.6 is 11.6 Å². The van der Waals surface area contributed by atoms with Gasteiger partial charge in [-0.15, -0.1) is 0 Å². The second-order valence-corrected chi connectivity index (χ2v) is 5.78. The van der Waals surface area contributed by atoms with E-state index in [0.717, 1.165) is 6.07 Å². The highest BCUT2D eigenvalue weighted by Crippen LogP contribution is 2.34. The third-order valence-electron chi connectivity index (χ3n) is 3.59. The van der Waals surface area contributed by atoms with Gasteiger partial charge in [0, 0.05) is 5.56 Å². The van der Waals surface area contributed by atoms with Gasteiger partial charge in [-0.3, -0.25) is 0 Å². The molecule has 8 heteroatoms. The lowest BCUT2D eigenvalue weighted by Crippen LogP contribution is -2.07. The zero-order chi connectivity index (χ0) is 18.7. The molecule has 136 valence electrons. The molecule has 0 fully saturated rings. The molecule has 0 saturated carbocycles. The van der Waals surface area contributed by atoms with Crippen molar-refractivity contribution in [3.63, 3.8) is 0 Å². The summed E-state index contributed by atoms with van der Waals surface area (Å²) in [5.74, 6) is 0.502. The second-order valence-electron chi connectivity index (χ2n) is 5.37. The van der Waals surface area contributed by atoms with Crippen LogP contribution in [0.1, 0.15) is 5.69 Å². The SMILES string of the molecule is OCCOc1ccc(-c2cc(C(F)(F)F)nn2-c2ccccc2Cl)cc1. The number of hydrogen-bond donors (Lipinski definition) is 1. The largest absolute Gasteiger partial charge is 0.491 e. The van der Waals surface area contributed by atoms with Crippen molar-refractivity contribution < 1.29 is 23.0 Å². The molecular formula is C18H14ClF3N2O2. The highest BCUT2D eigenvalue weighted by molar-refractivity contribution is 6.32. The normalized spacial score (nSPS) is 11.6. The molecule has 1 aromatic heterocycles. The van der Waals surface area contributed by atoms with Gasteiger partial charge in [0.15, 0.2) is 5.69 Å². The van der Waals surface area contributed by atoms with Crippen molar-refractivity contribution in [3.8, 4) is 22.7 Å². The Hall–Kier alpha value is -2.51. The fourth-order valence-electron chi connectivity index (χ4n) is 2.42. The number of hydrogen-bond acceptors (Lipinski definition) is 3. The van der Waals surface area contributed by atoms with Gasteiger partial charge >= 0.3 is 6.18 Å². The van der Waals surface area contributed by atoms with E-state index >= 15 is 0 Å². The van der Waals surface area contributed by atoms with E-state index in [2.05, 4.69) is 5.10 Å². The minimum absolute atomic E-state index is 0.129. The van der Waals surface area contributed by atoms with Gasteiger partial charge in [-0.05, 0) is 42.5 Å². The standard InChI is InChI=1S/C18H14ClF3N2O2/c19-14-3-1-2-4-15(14)24-16(11-17(23-24)18(20,21)22)12-5-7-13(8-6-12)26-10-9-25/h1-8,11,25H,9-10H2. The van der Waals surface area contributed by atoms with Gasteiger partial charge in [-0.1, -0.05) is 23.7 Å². The third kappa shape index (κ3) is 3.84. The first kappa shape index (κ1) is 18.3. The topological polar surface area (TPSA) is 47.3 Å². The van der Waals surface area contributed by atoms with Gasteiger partial charge in [0.05, 0.1) is 23.0 Å². The average molecular weight is 383 g/mol. The molecule has 1 heterocycles. The summed E-state index contributed by atoms with van der Waals surface area (Å²) in [5, 5.41) is 12.8. The molecule has 3 rings (SSSR count). The van der Waals surface area contributed by atoms with E-state index in [0.29, 0.717) is 17.0 Å². The molecule has 0 unspecified atom stereocenters. The van der Waals surface area contributed by atoms with Crippen LogP contribution in [0.25, 0.3) is 16.9 Å². The van der Waals surface area contributed by atoms with Crippen molar-refractivity contribution in [2.24, 2.45) is 0 Å². The minimum atomic E-state index is -4.58. The summed E-state index contributed by atoms with van der Waals surface area (Å²) in [6.07, 6.45) is -4.58. The molecular weight excluding hydrogens is 369 g/mol. The first-order valence-electron chi connectivity index (χ1n) is 7.66. The smallest absolute Gasteiger partial charge is 0.435 e. The van der Waals surface area contributed by atoms with Crippen LogP contribution in [0, 0.1) is 0 Å². The molecule has 0 aliphatic heterocycles. The number of alkyl halides is 3. The molecule has 26 heavy (non-hydrogen) atoms. The maximum Gasteiger partial charge on any atom is 0.435 e. The first-order chi connectivity index (χ1) is 12.4. The predicted octanol–water partition coefficient (Wildman–Crippen LogP) is 4.58. The van der Waals surface area contributed by atoms with Crippen LogP contribution in [0.3, 0.4) is 0 Å². The van der Waals surface area contributed by atoms with Crippen LogP contribution in [0.5, 0.6) is 5.75 Å². The van der Waals surface area contributed by atoms with Crippen LogP contribution < -0.4 is 4.74 Å². The Morgan fingerprint density at radius 2 is 1.77 bits per heavy atom. The number of aliphatic hydroxyl groups excluding tert-OH is 1. The molecule has 0 aliphatic rings. The maximum atomic E-state index is 13.2. The van der Waals surface area contributed by atoms with Crippen molar-refractivity contribution in [1.29, 1.82) is 0 Å². The quantitative estimate of drug-likeness (QED) is 0.702. The summed E-state index contributed by atoms with van der Waals surface area (Å²) >= 11 is 6.14. The molecule has 2 aromatic carbocycles. The Balaban J connectivity index is 2.08. The number of rotatable bonds is 5. The molecule has 0 radical (unpaired) electrons. The molecule has 0 atom stereocenters. The van der Waals surface area contributed by atoms with Crippen LogP contribution in [-0.2, 0) is 6.18 Å². The first-order valence-corrected chi connectivity index (χ1v) is 8.04. The third-order valence-corrected chi connectivity index (χ3v) is 3.91. The Morgan fingerprint density at radius 1 is 1.08 bits per heavy atom. The fraction of sp³-hybridized carbons (Fsp3) is 0.167. The second kappa shape index (κ2) is 7.39. The summed E-state index contributed by atoms with van der Waals surface area (Å²) in [6, 6.07) is 14.0. The zero-order valence-electron chi connectivity index (χ0n) is 13.4. The van der Waals surface area contributed by atoms with Crippen LogP contribution in [-0.4, -0.2) is 28.1 Å². The lowest BCUT2D eigenvalue weighted by molar-refractivity contribution is -0.141. The van der Waals surface area contributed by atoms with Crippen LogP contribution in [0.4, 0.5) is 13.2 Å². The number of ether oxygens (including phenoxy) is 1. The van der Waals surface area contributed by atoms with E-state index < -0.39 is 11.9 Å². The summed E-state index contributed by atoms with van der Waals surface area (Å²) < 4.78 is 45.9. The van der Waals surface area contributed by atoms with Crippen molar-refractivity contribution >= 4 is 11.6 Å². The lowest BCUT2D eigenvalue weighted by Gasteiger charge is -2.10. The molecule has 0 saturated heterocycles. The van der Waals surface area contributed by atoms with E-state index in [9.17, 15) is 13.2 Å². The van der Waals surface area contributed by atoms with Gasteiger partial charge in [0.2, 0.25) is 0 Å². The number of benzene rings is 2. The molecule has 0 aliphatic carbocycles. The van der Waals surface area contributed by atoms with Gasteiger partial charge < -0.3 is 9.84 Å². The van der Waals surface area contributed by atoms with Crippen molar-refractivity contribution in [1.82, 2.24) is 9.78 Å². The van der Waals surface area contributed by atoms with Crippen molar-refractivity contribution in [3.05, 3.63) is 65.3 Å². The summed E-state index contributed by atoms with van der Waals surface area (Å²) in [5.41, 5.74) is 0.108. The summed E-state index contributed by atoms with van der Waals surface area (Å²) in [6.45, 7) is 0.00505. The Bertz CT molecular complexity index is 892. The van der Waals surface area contributed by atoms with Gasteiger partial charge in [-0.2, -0.15) is 18.3 Å². The molecule has 1 N–H and O–H groups in total. The summed E-state index contributed by atoms with van der Waals surface area (Å²) in [7, 11) is 0. The van der Waals surface area contributed by atoms with E-state index in [-0.39, 0.29) is 23.9 Å². The van der Waals surface area contributed by atoms with Gasteiger partial charge in [0.25, 0.3) is 0 Å². The van der Waals surface area contributed by atoms with E-state index in [1.54, 1.807) is 48.5 Å². The molecule has 3 aromatic rings. The number of nitrogens with zero attached hydrogens (tertiary/aromatic N) is 2. The molecule has 0 spiro atoms. The number of para-hydroxylation sites is 1. The highest BCUT2D eigenvalue weighted by atomic mass is 35.5.